The van der Waals surface area contributed by atoms with Crippen LogP contribution >= 0.6 is 22.6 Å². The first-order valence-electron chi connectivity index (χ1n) is 5.54. The van der Waals surface area contributed by atoms with Gasteiger partial charge in [-0.1, -0.05) is 0 Å². The summed E-state index contributed by atoms with van der Waals surface area (Å²) in [7, 11) is 0. The van der Waals surface area contributed by atoms with Gasteiger partial charge in [-0.2, -0.15) is 0 Å². The van der Waals surface area contributed by atoms with Gasteiger partial charge in [0.15, 0.2) is 0 Å². The van der Waals surface area contributed by atoms with E-state index in [0.717, 1.165) is 14.7 Å². The lowest BCUT2D eigenvalue weighted by Crippen LogP contribution is -2.26. The van der Waals surface area contributed by atoms with Gasteiger partial charge in [-0.3, -0.25) is 4.79 Å². The molecular formula is C12H14IN3O2. The molecule has 2 heterocycles. The summed E-state index contributed by atoms with van der Waals surface area (Å²) in [6.07, 6.45) is 3.32. The highest BCUT2D eigenvalue weighted by Gasteiger charge is 2.17. The molecule has 0 unspecified atom stereocenters. The van der Waals surface area contributed by atoms with Crippen molar-refractivity contribution in [2.24, 2.45) is 0 Å². The fourth-order valence-electron chi connectivity index (χ4n) is 1.61. The van der Waals surface area contributed by atoms with E-state index in [9.17, 15) is 4.79 Å². The molecule has 2 aromatic heterocycles. The van der Waals surface area contributed by atoms with Crippen LogP contribution in [0.25, 0.3) is 11.0 Å². The molecule has 0 radical (unpaired) electrons. The standard InChI is InChI=1S/C12H14IN3O2/c1-12(2,3)18-9(17)6-16-5-4-8-10(13)14-7-15-11(8)16/h4-5,7H,6H2,1-3H3. The second kappa shape index (κ2) is 4.83. The molecule has 0 bridgehead atoms. The van der Waals surface area contributed by atoms with Gasteiger partial charge in [-0.15, -0.1) is 0 Å². The largest absolute Gasteiger partial charge is 0.459 e. The molecular weight excluding hydrogens is 345 g/mol. The normalized spacial score (nSPS) is 11.8. The number of nitrogens with zero attached hydrogens (tertiary/aromatic N) is 3. The zero-order valence-electron chi connectivity index (χ0n) is 10.5. The Bertz CT molecular complexity index is 587. The monoisotopic (exact) mass is 359 g/mol. The van der Waals surface area contributed by atoms with Crippen molar-refractivity contribution in [3.8, 4) is 0 Å². The van der Waals surface area contributed by atoms with Crippen molar-refractivity contribution in [2.45, 2.75) is 32.9 Å². The molecule has 0 aliphatic heterocycles. The number of carbonyl (C=O) groups excluding carboxylic acids is 1. The molecule has 6 heteroatoms. The maximum atomic E-state index is 11.8. The Morgan fingerprint density at radius 3 is 2.83 bits per heavy atom. The third-order valence-electron chi connectivity index (χ3n) is 2.23. The number of hydrogen-bond donors (Lipinski definition) is 0. The second-order valence-electron chi connectivity index (χ2n) is 4.93. The maximum Gasteiger partial charge on any atom is 0.326 e. The maximum absolute atomic E-state index is 11.8. The van der Waals surface area contributed by atoms with E-state index in [0.29, 0.717) is 0 Å². The van der Waals surface area contributed by atoms with Crippen LogP contribution in [0.4, 0.5) is 0 Å². The minimum Gasteiger partial charge on any atom is -0.459 e. The van der Waals surface area contributed by atoms with Crippen LogP contribution < -0.4 is 0 Å². The topological polar surface area (TPSA) is 57.0 Å². The van der Waals surface area contributed by atoms with Gasteiger partial charge in [0.2, 0.25) is 0 Å². The Labute approximate surface area is 119 Å². The number of halogens is 1. The van der Waals surface area contributed by atoms with Crippen molar-refractivity contribution >= 4 is 39.6 Å². The summed E-state index contributed by atoms with van der Waals surface area (Å²) in [6.45, 7) is 5.71. The lowest BCUT2D eigenvalue weighted by atomic mass is 10.2. The molecule has 0 aromatic carbocycles. The van der Waals surface area contributed by atoms with Crippen LogP contribution in [0.2, 0.25) is 0 Å². The van der Waals surface area contributed by atoms with Gasteiger partial charge >= 0.3 is 5.97 Å². The fraction of sp³-hybridized carbons (Fsp3) is 0.417. The number of aromatic nitrogens is 3. The first-order valence-corrected chi connectivity index (χ1v) is 6.62. The van der Waals surface area contributed by atoms with Gasteiger partial charge in [-0.05, 0) is 49.4 Å². The third-order valence-corrected chi connectivity index (χ3v) is 3.09. The molecule has 0 amide bonds. The molecule has 0 spiro atoms. The van der Waals surface area contributed by atoms with Gasteiger partial charge in [0.1, 0.15) is 27.8 Å². The summed E-state index contributed by atoms with van der Waals surface area (Å²) in [5, 5.41) is 0.946. The molecule has 0 atom stereocenters. The summed E-state index contributed by atoms with van der Waals surface area (Å²) >= 11 is 2.15. The Kier molecular flexibility index (Phi) is 3.56. The van der Waals surface area contributed by atoms with Crippen LogP contribution in [-0.2, 0) is 16.1 Å². The van der Waals surface area contributed by atoms with E-state index >= 15 is 0 Å². The number of ether oxygens (including phenoxy) is 1. The second-order valence-corrected chi connectivity index (χ2v) is 5.95. The van der Waals surface area contributed by atoms with E-state index in [1.807, 2.05) is 33.0 Å². The van der Waals surface area contributed by atoms with Crippen molar-refractivity contribution in [3.05, 3.63) is 22.3 Å². The van der Waals surface area contributed by atoms with Crippen LogP contribution in [0.5, 0.6) is 0 Å². The quantitative estimate of drug-likeness (QED) is 0.469. The van der Waals surface area contributed by atoms with Gasteiger partial charge in [-0.25, -0.2) is 9.97 Å². The highest BCUT2D eigenvalue weighted by atomic mass is 127. The minimum atomic E-state index is -0.469. The van der Waals surface area contributed by atoms with Crippen LogP contribution in [0, 0.1) is 3.70 Å². The molecule has 0 saturated heterocycles. The minimum absolute atomic E-state index is 0.161. The van der Waals surface area contributed by atoms with Crippen LogP contribution in [-0.4, -0.2) is 26.1 Å². The first kappa shape index (κ1) is 13.3. The van der Waals surface area contributed by atoms with Crippen LogP contribution in [0.3, 0.4) is 0 Å². The summed E-state index contributed by atoms with van der Waals surface area (Å²) in [5.74, 6) is -0.270. The zero-order chi connectivity index (χ0) is 13.3. The Hall–Kier alpha value is -1.18. The number of fused-ring (bicyclic) bond motifs is 1. The summed E-state index contributed by atoms with van der Waals surface area (Å²) in [6, 6.07) is 1.90. The molecule has 0 N–H and O–H groups in total. The molecule has 96 valence electrons. The predicted molar refractivity (Wildman–Crippen MR) is 76.1 cm³/mol. The molecule has 0 aliphatic rings. The summed E-state index contributed by atoms with van der Waals surface area (Å²) < 4.78 is 7.93. The average molecular weight is 359 g/mol. The van der Waals surface area contributed by atoms with E-state index in [-0.39, 0.29) is 12.5 Å². The van der Waals surface area contributed by atoms with E-state index < -0.39 is 5.60 Å². The van der Waals surface area contributed by atoms with Gasteiger partial charge in [0.05, 0.1) is 5.39 Å². The van der Waals surface area contributed by atoms with Crippen LogP contribution in [0.15, 0.2) is 18.6 Å². The van der Waals surface area contributed by atoms with Crippen molar-refractivity contribution in [2.75, 3.05) is 0 Å². The SMILES string of the molecule is CC(C)(C)OC(=O)Cn1ccc2c(I)ncnc21. The predicted octanol–water partition coefficient (Wildman–Crippen LogP) is 2.38. The number of carbonyl (C=O) groups is 1. The molecule has 2 aromatic rings. The number of rotatable bonds is 2. The van der Waals surface area contributed by atoms with Crippen molar-refractivity contribution in [1.29, 1.82) is 0 Å². The summed E-state index contributed by atoms with van der Waals surface area (Å²) in [4.78, 5) is 20.1. The number of hydrogen-bond acceptors (Lipinski definition) is 4. The van der Waals surface area contributed by atoms with Crippen molar-refractivity contribution in [1.82, 2.24) is 14.5 Å². The zero-order valence-corrected chi connectivity index (χ0v) is 12.6. The molecule has 5 nitrogen and oxygen atoms in total. The van der Waals surface area contributed by atoms with Gasteiger partial charge in [0, 0.05) is 6.20 Å². The van der Waals surface area contributed by atoms with E-state index in [1.165, 1.54) is 6.33 Å². The highest BCUT2D eigenvalue weighted by Crippen LogP contribution is 2.18. The van der Waals surface area contributed by atoms with Gasteiger partial charge < -0.3 is 9.30 Å². The van der Waals surface area contributed by atoms with E-state index in [1.54, 1.807) is 4.57 Å². The third kappa shape index (κ3) is 2.98. The Balaban J connectivity index is 2.23. The fourth-order valence-corrected chi connectivity index (χ4v) is 2.16. The lowest BCUT2D eigenvalue weighted by Gasteiger charge is -2.19. The van der Waals surface area contributed by atoms with E-state index in [2.05, 4.69) is 32.6 Å². The smallest absolute Gasteiger partial charge is 0.326 e. The first-order chi connectivity index (χ1) is 8.37. The number of esters is 1. The molecule has 18 heavy (non-hydrogen) atoms. The van der Waals surface area contributed by atoms with Crippen molar-refractivity contribution in [3.63, 3.8) is 0 Å². The van der Waals surface area contributed by atoms with Crippen molar-refractivity contribution < 1.29 is 9.53 Å². The average Bonchev–Trinajstić information content (AvgIpc) is 2.60. The molecule has 0 aliphatic carbocycles. The van der Waals surface area contributed by atoms with Gasteiger partial charge in [0.25, 0.3) is 0 Å². The highest BCUT2D eigenvalue weighted by molar-refractivity contribution is 14.1. The summed E-state index contributed by atoms with van der Waals surface area (Å²) in [5.41, 5.74) is 0.281. The molecule has 2 rings (SSSR count). The van der Waals surface area contributed by atoms with Crippen LogP contribution in [0.1, 0.15) is 20.8 Å². The lowest BCUT2D eigenvalue weighted by molar-refractivity contribution is -0.155. The molecule has 0 saturated carbocycles. The Morgan fingerprint density at radius 2 is 2.17 bits per heavy atom. The Morgan fingerprint density at radius 1 is 1.44 bits per heavy atom. The molecule has 0 fully saturated rings. The van der Waals surface area contributed by atoms with E-state index in [4.69, 9.17) is 4.74 Å².